The Morgan fingerprint density at radius 2 is 2.00 bits per heavy atom. The van der Waals surface area contributed by atoms with Gasteiger partial charge in [-0.1, -0.05) is 6.07 Å². The van der Waals surface area contributed by atoms with E-state index >= 15 is 0 Å². The van der Waals surface area contributed by atoms with Gasteiger partial charge in [0.05, 0.1) is 7.11 Å². The first-order chi connectivity index (χ1) is 10.8. The topological polar surface area (TPSA) is 51.2 Å². The van der Waals surface area contributed by atoms with Gasteiger partial charge in [0, 0.05) is 24.4 Å². The number of amides is 1. The number of methoxy groups -OCH3 is 1. The maximum Gasteiger partial charge on any atom is 0.251 e. The number of rotatable bonds is 4. The lowest BCUT2D eigenvalue weighted by molar-refractivity contribution is 0.0950. The van der Waals surface area contributed by atoms with Gasteiger partial charge in [-0.05, 0) is 60.6 Å². The zero-order valence-corrected chi connectivity index (χ0v) is 12.8. The molecule has 0 unspecified atom stereocenters. The third-order valence-electron chi connectivity index (χ3n) is 4.07. The van der Waals surface area contributed by atoms with Crippen LogP contribution in [0.4, 0.5) is 0 Å². The summed E-state index contributed by atoms with van der Waals surface area (Å²) in [4.78, 5) is 16.4. The molecular formula is C18H20N2O2. The molecule has 0 atom stereocenters. The van der Waals surface area contributed by atoms with E-state index in [2.05, 4.69) is 16.4 Å². The number of carbonyl (C=O) groups excluding carboxylic acids is 1. The Balaban J connectivity index is 1.66. The predicted molar refractivity (Wildman–Crippen MR) is 85.0 cm³/mol. The van der Waals surface area contributed by atoms with Crippen LogP contribution in [0.1, 0.15) is 39.9 Å². The molecule has 114 valence electrons. The van der Waals surface area contributed by atoms with Crippen LogP contribution in [0.3, 0.4) is 0 Å². The van der Waals surface area contributed by atoms with E-state index < -0.39 is 0 Å². The van der Waals surface area contributed by atoms with Crippen molar-refractivity contribution in [2.45, 2.75) is 32.2 Å². The van der Waals surface area contributed by atoms with Crippen LogP contribution in [0.2, 0.25) is 0 Å². The maximum absolute atomic E-state index is 12.3. The number of fused-ring (bicyclic) bond motifs is 1. The van der Waals surface area contributed by atoms with E-state index in [1.54, 1.807) is 13.3 Å². The number of carbonyl (C=O) groups is 1. The van der Waals surface area contributed by atoms with Gasteiger partial charge >= 0.3 is 0 Å². The molecule has 0 aliphatic heterocycles. The summed E-state index contributed by atoms with van der Waals surface area (Å²) in [5, 5.41) is 2.95. The number of hydrogen-bond donors (Lipinski definition) is 1. The number of pyridine rings is 1. The molecule has 0 radical (unpaired) electrons. The largest absolute Gasteiger partial charge is 0.481 e. The molecule has 4 heteroatoms. The molecule has 1 aromatic heterocycles. The fourth-order valence-electron chi connectivity index (χ4n) is 2.83. The van der Waals surface area contributed by atoms with Gasteiger partial charge < -0.3 is 10.1 Å². The van der Waals surface area contributed by atoms with Crippen molar-refractivity contribution in [3.05, 3.63) is 58.8 Å². The van der Waals surface area contributed by atoms with Crippen molar-refractivity contribution < 1.29 is 9.53 Å². The molecule has 1 amide bonds. The van der Waals surface area contributed by atoms with E-state index in [4.69, 9.17) is 4.74 Å². The first kappa shape index (κ1) is 14.6. The van der Waals surface area contributed by atoms with Crippen LogP contribution in [0.15, 0.2) is 36.5 Å². The maximum atomic E-state index is 12.3. The van der Waals surface area contributed by atoms with Crippen molar-refractivity contribution in [1.82, 2.24) is 10.3 Å². The van der Waals surface area contributed by atoms with Gasteiger partial charge in [0.15, 0.2) is 0 Å². The first-order valence-corrected chi connectivity index (χ1v) is 7.65. The number of nitrogens with zero attached hydrogens (tertiary/aromatic N) is 1. The first-order valence-electron chi connectivity index (χ1n) is 7.65. The van der Waals surface area contributed by atoms with Gasteiger partial charge in [-0.15, -0.1) is 0 Å². The Labute approximate surface area is 130 Å². The Kier molecular flexibility index (Phi) is 4.37. The van der Waals surface area contributed by atoms with Crippen molar-refractivity contribution in [2.24, 2.45) is 0 Å². The molecule has 0 spiro atoms. The Bertz CT molecular complexity index is 683. The molecule has 22 heavy (non-hydrogen) atoms. The average Bonchev–Trinajstić information content (AvgIpc) is 2.59. The van der Waals surface area contributed by atoms with Gasteiger partial charge in [0.25, 0.3) is 5.91 Å². The standard InChI is InChI=1S/C18H20N2O2/c1-22-17-10-13(8-9-19-17)12-20-18(21)16-7-6-14-4-2-3-5-15(14)11-16/h6-11H,2-5,12H2,1H3,(H,20,21). The fraction of sp³-hybridized carbons (Fsp3) is 0.333. The van der Waals surface area contributed by atoms with Crippen molar-refractivity contribution in [1.29, 1.82) is 0 Å². The van der Waals surface area contributed by atoms with E-state index in [1.165, 1.54) is 24.0 Å². The highest BCUT2D eigenvalue weighted by Crippen LogP contribution is 2.22. The molecule has 1 aliphatic carbocycles. The van der Waals surface area contributed by atoms with Crippen molar-refractivity contribution in [2.75, 3.05) is 7.11 Å². The molecule has 2 aromatic rings. The number of nitrogens with one attached hydrogen (secondary N) is 1. The highest BCUT2D eigenvalue weighted by atomic mass is 16.5. The van der Waals surface area contributed by atoms with Gasteiger partial charge in [0.2, 0.25) is 5.88 Å². The summed E-state index contributed by atoms with van der Waals surface area (Å²) >= 11 is 0. The van der Waals surface area contributed by atoms with Crippen LogP contribution < -0.4 is 10.1 Å². The van der Waals surface area contributed by atoms with Crippen LogP contribution in [0.25, 0.3) is 0 Å². The number of aryl methyl sites for hydroxylation is 2. The minimum absolute atomic E-state index is 0.0378. The number of aromatic nitrogens is 1. The van der Waals surface area contributed by atoms with E-state index in [1.807, 2.05) is 24.3 Å². The zero-order chi connectivity index (χ0) is 15.4. The second-order valence-corrected chi connectivity index (χ2v) is 5.58. The minimum Gasteiger partial charge on any atom is -0.481 e. The molecule has 0 fully saturated rings. The van der Waals surface area contributed by atoms with Gasteiger partial charge in [0.1, 0.15) is 0 Å². The van der Waals surface area contributed by atoms with Gasteiger partial charge in [-0.3, -0.25) is 4.79 Å². The lowest BCUT2D eigenvalue weighted by atomic mass is 9.90. The van der Waals surface area contributed by atoms with Crippen LogP contribution in [0.5, 0.6) is 5.88 Å². The molecular weight excluding hydrogens is 276 g/mol. The highest BCUT2D eigenvalue weighted by Gasteiger charge is 2.12. The molecule has 0 saturated carbocycles. The quantitative estimate of drug-likeness (QED) is 0.944. The van der Waals surface area contributed by atoms with Crippen LogP contribution in [-0.2, 0) is 19.4 Å². The number of hydrogen-bond acceptors (Lipinski definition) is 3. The smallest absolute Gasteiger partial charge is 0.251 e. The molecule has 4 nitrogen and oxygen atoms in total. The summed E-state index contributed by atoms with van der Waals surface area (Å²) < 4.78 is 5.08. The average molecular weight is 296 g/mol. The van der Waals surface area contributed by atoms with Crippen LogP contribution in [-0.4, -0.2) is 18.0 Å². The molecule has 1 aromatic carbocycles. The summed E-state index contributed by atoms with van der Waals surface area (Å²) in [6.45, 7) is 0.467. The Morgan fingerprint density at radius 1 is 1.18 bits per heavy atom. The number of ether oxygens (including phenoxy) is 1. The third-order valence-corrected chi connectivity index (χ3v) is 4.07. The second-order valence-electron chi connectivity index (χ2n) is 5.58. The minimum atomic E-state index is -0.0378. The van der Waals surface area contributed by atoms with Crippen LogP contribution >= 0.6 is 0 Å². The van der Waals surface area contributed by atoms with Crippen molar-refractivity contribution in [3.63, 3.8) is 0 Å². The zero-order valence-electron chi connectivity index (χ0n) is 12.8. The normalized spacial score (nSPS) is 13.3. The van der Waals surface area contributed by atoms with E-state index in [0.29, 0.717) is 12.4 Å². The molecule has 0 saturated heterocycles. The molecule has 1 N–H and O–H groups in total. The lowest BCUT2D eigenvalue weighted by Gasteiger charge is -2.16. The second kappa shape index (κ2) is 6.60. The summed E-state index contributed by atoms with van der Waals surface area (Å²) in [6, 6.07) is 9.76. The summed E-state index contributed by atoms with van der Waals surface area (Å²) in [7, 11) is 1.58. The lowest BCUT2D eigenvalue weighted by Crippen LogP contribution is -2.23. The Morgan fingerprint density at radius 3 is 2.82 bits per heavy atom. The summed E-state index contributed by atoms with van der Waals surface area (Å²) in [5.74, 6) is 0.518. The van der Waals surface area contributed by atoms with Crippen molar-refractivity contribution >= 4 is 5.91 Å². The van der Waals surface area contributed by atoms with Gasteiger partial charge in [-0.25, -0.2) is 4.98 Å². The number of benzene rings is 1. The van der Waals surface area contributed by atoms with E-state index in [0.717, 1.165) is 24.0 Å². The highest BCUT2D eigenvalue weighted by molar-refractivity contribution is 5.94. The monoisotopic (exact) mass is 296 g/mol. The summed E-state index contributed by atoms with van der Waals surface area (Å²) in [5.41, 5.74) is 4.42. The SMILES string of the molecule is COc1cc(CNC(=O)c2ccc3c(c2)CCCC3)ccn1. The summed E-state index contributed by atoms with van der Waals surface area (Å²) in [6.07, 6.45) is 6.36. The predicted octanol–water partition coefficient (Wildman–Crippen LogP) is 2.90. The van der Waals surface area contributed by atoms with E-state index in [9.17, 15) is 4.79 Å². The Hall–Kier alpha value is -2.36. The van der Waals surface area contributed by atoms with Crippen molar-refractivity contribution in [3.8, 4) is 5.88 Å². The molecule has 0 bridgehead atoms. The van der Waals surface area contributed by atoms with Gasteiger partial charge in [-0.2, -0.15) is 0 Å². The molecule has 3 rings (SSSR count). The third kappa shape index (κ3) is 3.27. The fourth-order valence-corrected chi connectivity index (χ4v) is 2.83. The van der Waals surface area contributed by atoms with E-state index in [-0.39, 0.29) is 5.91 Å². The molecule has 1 aliphatic rings. The molecule has 1 heterocycles. The van der Waals surface area contributed by atoms with Crippen LogP contribution in [0, 0.1) is 0 Å².